The molecule has 0 unspecified atom stereocenters. The molecule has 2 aliphatic rings. The maximum atomic E-state index is 11.2. The van der Waals surface area contributed by atoms with E-state index in [1.165, 1.54) is 25.0 Å². The van der Waals surface area contributed by atoms with Crippen molar-refractivity contribution in [2.45, 2.75) is 30.2 Å². The predicted molar refractivity (Wildman–Crippen MR) is 86.8 cm³/mol. The zero-order chi connectivity index (χ0) is 16.3. The molecule has 6 nitrogen and oxygen atoms in total. The summed E-state index contributed by atoms with van der Waals surface area (Å²) in [6.07, 6.45) is 3.70. The standard InChI is InChI=1S/C16H24N2O4S/c17-23(19,20)16-5-3-15(4-6-16)22-10-8-18(14-1-2-14)11-13-7-9-21-12-13/h3-6,13-14H,1-2,7-12H2,(H2,17,19,20)/t13-/m1/s1. The van der Waals surface area contributed by atoms with Crippen LogP contribution in [0.15, 0.2) is 29.2 Å². The van der Waals surface area contributed by atoms with Crippen LogP contribution in [0.25, 0.3) is 0 Å². The largest absolute Gasteiger partial charge is 0.492 e. The van der Waals surface area contributed by atoms with Crippen LogP contribution < -0.4 is 9.88 Å². The highest BCUT2D eigenvalue weighted by molar-refractivity contribution is 7.89. The lowest BCUT2D eigenvalue weighted by Crippen LogP contribution is -2.35. The Morgan fingerprint density at radius 1 is 1.22 bits per heavy atom. The molecule has 1 aromatic rings. The van der Waals surface area contributed by atoms with E-state index in [0.29, 0.717) is 24.3 Å². The summed E-state index contributed by atoms with van der Waals surface area (Å²) in [5, 5.41) is 5.08. The Morgan fingerprint density at radius 2 is 1.96 bits per heavy atom. The summed E-state index contributed by atoms with van der Waals surface area (Å²) < 4.78 is 33.6. The predicted octanol–water partition coefficient (Wildman–Crippen LogP) is 1.21. The molecule has 0 spiro atoms. The minimum absolute atomic E-state index is 0.102. The van der Waals surface area contributed by atoms with E-state index < -0.39 is 10.0 Å². The van der Waals surface area contributed by atoms with E-state index in [0.717, 1.165) is 32.7 Å². The van der Waals surface area contributed by atoms with Crippen molar-refractivity contribution in [2.75, 3.05) is 32.9 Å². The fourth-order valence-electron chi connectivity index (χ4n) is 2.93. The molecule has 23 heavy (non-hydrogen) atoms. The Labute approximate surface area is 137 Å². The Kier molecular flexibility index (Phi) is 5.21. The second kappa shape index (κ2) is 7.17. The third-order valence-electron chi connectivity index (χ3n) is 4.38. The second-order valence-electron chi connectivity index (χ2n) is 6.32. The molecule has 7 heteroatoms. The maximum Gasteiger partial charge on any atom is 0.238 e. The lowest BCUT2D eigenvalue weighted by Gasteiger charge is -2.24. The van der Waals surface area contributed by atoms with Crippen molar-refractivity contribution in [1.29, 1.82) is 0 Å². The molecule has 1 heterocycles. The Balaban J connectivity index is 1.47. The molecule has 1 aliphatic carbocycles. The molecular weight excluding hydrogens is 316 g/mol. The third kappa shape index (κ3) is 4.91. The van der Waals surface area contributed by atoms with Gasteiger partial charge in [-0.15, -0.1) is 0 Å². The van der Waals surface area contributed by atoms with Crippen molar-refractivity contribution in [3.8, 4) is 5.75 Å². The average Bonchev–Trinajstić information content (AvgIpc) is 3.23. The van der Waals surface area contributed by atoms with Gasteiger partial charge < -0.3 is 9.47 Å². The first-order valence-electron chi connectivity index (χ1n) is 8.10. The SMILES string of the molecule is NS(=O)(=O)c1ccc(OCCN(C[C@H]2CCOC2)C2CC2)cc1. The summed E-state index contributed by atoms with van der Waals surface area (Å²) in [6, 6.07) is 6.93. The maximum absolute atomic E-state index is 11.2. The molecule has 0 radical (unpaired) electrons. The molecule has 1 saturated carbocycles. The molecule has 0 amide bonds. The fraction of sp³-hybridized carbons (Fsp3) is 0.625. The van der Waals surface area contributed by atoms with Gasteiger partial charge in [-0.2, -0.15) is 0 Å². The summed E-state index contributed by atoms with van der Waals surface area (Å²) in [7, 11) is -3.65. The van der Waals surface area contributed by atoms with Crippen molar-refractivity contribution in [2.24, 2.45) is 11.1 Å². The van der Waals surface area contributed by atoms with E-state index in [-0.39, 0.29) is 4.90 Å². The van der Waals surface area contributed by atoms with Gasteiger partial charge in [0, 0.05) is 25.7 Å². The number of rotatable bonds is 8. The van der Waals surface area contributed by atoms with Crippen molar-refractivity contribution in [3.63, 3.8) is 0 Å². The van der Waals surface area contributed by atoms with Gasteiger partial charge in [0.25, 0.3) is 0 Å². The van der Waals surface area contributed by atoms with Crippen LogP contribution in [0.1, 0.15) is 19.3 Å². The molecular formula is C16H24N2O4S. The number of nitrogens with two attached hydrogens (primary N) is 1. The number of benzene rings is 1. The molecule has 2 fully saturated rings. The number of ether oxygens (including phenoxy) is 2. The zero-order valence-corrected chi connectivity index (χ0v) is 14.0. The minimum atomic E-state index is -3.65. The lowest BCUT2D eigenvalue weighted by atomic mass is 10.1. The van der Waals surface area contributed by atoms with E-state index in [4.69, 9.17) is 14.6 Å². The van der Waals surface area contributed by atoms with Gasteiger partial charge in [0.05, 0.1) is 11.5 Å². The van der Waals surface area contributed by atoms with Crippen LogP contribution >= 0.6 is 0 Å². The van der Waals surface area contributed by atoms with E-state index in [1.54, 1.807) is 12.1 Å². The van der Waals surface area contributed by atoms with E-state index in [2.05, 4.69) is 4.90 Å². The first-order chi connectivity index (χ1) is 11.0. The molecule has 1 aliphatic heterocycles. The van der Waals surface area contributed by atoms with Gasteiger partial charge in [-0.3, -0.25) is 4.90 Å². The van der Waals surface area contributed by atoms with Gasteiger partial charge in [0.1, 0.15) is 12.4 Å². The normalized spacial score (nSPS) is 21.7. The molecule has 128 valence electrons. The summed E-state index contributed by atoms with van der Waals surface area (Å²) >= 11 is 0. The summed E-state index contributed by atoms with van der Waals surface area (Å²) in [4.78, 5) is 2.60. The Bertz CT molecular complexity index is 607. The number of hydrogen-bond acceptors (Lipinski definition) is 5. The lowest BCUT2D eigenvalue weighted by molar-refractivity contribution is 0.151. The number of sulfonamides is 1. The topological polar surface area (TPSA) is 81.9 Å². The molecule has 2 N–H and O–H groups in total. The minimum Gasteiger partial charge on any atom is -0.492 e. The number of nitrogens with zero attached hydrogens (tertiary/aromatic N) is 1. The van der Waals surface area contributed by atoms with Crippen LogP contribution in [0.3, 0.4) is 0 Å². The first-order valence-corrected chi connectivity index (χ1v) is 9.64. The highest BCUT2D eigenvalue weighted by atomic mass is 32.2. The third-order valence-corrected chi connectivity index (χ3v) is 5.31. The highest BCUT2D eigenvalue weighted by Crippen LogP contribution is 2.28. The Morgan fingerprint density at radius 3 is 2.52 bits per heavy atom. The van der Waals surface area contributed by atoms with Crippen molar-refractivity contribution >= 4 is 10.0 Å². The highest BCUT2D eigenvalue weighted by Gasteiger charge is 2.31. The quantitative estimate of drug-likeness (QED) is 0.769. The first kappa shape index (κ1) is 16.7. The molecule has 1 saturated heterocycles. The smallest absolute Gasteiger partial charge is 0.238 e. The molecule has 1 aromatic carbocycles. The van der Waals surface area contributed by atoms with Gasteiger partial charge in [-0.25, -0.2) is 13.6 Å². The van der Waals surface area contributed by atoms with E-state index >= 15 is 0 Å². The van der Waals surface area contributed by atoms with Crippen molar-refractivity contribution < 1.29 is 17.9 Å². The van der Waals surface area contributed by atoms with Crippen LogP contribution in [-0.4, -0.2) is 52.3 Å². The van der Waals surface area contributed by atoms with Crippen LogP contribution in [-0.2, 0) is 14.8 Å². The van der Waals surface area contributed by atoms with Crippen molar-refractivity contribution in [1.82, 2.24) is 4.90 Å². The van der Waals surface area contributed by atoms with Crippen LogP contribution in [0, 0.1) is 5.92 Å². The fourth-order valence-corrected chi connectivity index (χ4v) is 3.44. The molecule has 3 rings (SSSR count). The van der Waals surface area contributed by atoms with Gasteiger partial charge in [-0.05, 0) is 49.4 Å². The van der Waals surface area contributed by atoms with Gasteiger partial charge in [0.2, 0.25) is 10.0 Å². The van der Waals surface area contributed by atoms with Gasteiger partial charge >= 0.3 is 0 Å². The van der Waals surface area contributed by atoms with Gasteiger partial charge in [0.15, 0.2) is 0 Å². The van der Waals surface area contributed by atoms with E-state index in [1.807, 2.05) is 0 Å². The zero-order valence-electron chi connectivity index (χ0n) is 13.2. The molecule has 1 atom stereocenters. The van der Waals surface area contributed by atoms with Crippen molar-refractivity contribution in [3.05, 3.63) is 24.3 Å². The number of primary sulfonamides is 1. The van der Waals surface area contributed by atoms with Crippen LogP contribution in [0.4, 0.5) is 0 Å². The second-order valence-corrected chi connectivity index (χ2v) is 7.88. The average molecular weight is 340 g/mol. The van der Waals surface area contributed by atoms with E-state index in [9.17, 15) is 8.42 Å². The summed E-state index contributed by atoms with van der Waals surface area (Å²) in [6.45, 7) is 4.32. The van der Waals surface area contributed by atoms with Crippen LogP contribution in [0.5, 0.6) is 5.75 Å². The molecule has 0 aromatic heterocycles. The molecule has 0 bridgehead atoms. The Hall–Kier alpha value is -1.15. The summed E-state index contributed by atoms with van der Waals surface area (Å²) in [5.41, 5.74) is 0. The van der Waals surface area contributed by atoms with Crippen LogP contribution in [0.2, 0.25) is 0 Å². The van der Waals surface area contributed by atoms with Gasteiger partial charge in [-0.1, -0.05) is 0 Å². The summed E-state index contributed by atoms with van der Waals surface area (Å²) in [5.74, 6) is 1.31. The number of hydrogen-bond donors (Lipinski definition) is 1. The monoisotopic (exact) mass is 340 g/mol.